The minimum atomic E-state index is -0.706. The number of ether oxygens (including phenoxy) is 1. The van der Waals surface area contributed by atoms with Gasteiger partial charge in [0.15, 0.2) is 0 Å². The second kappa shape index (κ2) is 4.87. The van der Waals surface area contributed by atoms with Crippen LogP contribution in [0.15, 0.2) is 12.7 Å². The van der Waals surface area contributed by atoms with Crippen molar-refractivity contribution in [3.8, 4) is 0 Å². The molecule has 64 valence electrons. The molecular formula is C7H12O4. The Morgan fingerprint density at radius 3 is 2.55 bits per heavy atom. The summed E-state index contributed by atoms with van der Waals surface area (Å²) in [6.07, 6.45) is 0.629. The Hall–Kier alpha value is -0.870. The van der Waals surface area contributed by atoms with Gasteiger partial charge in [0, 0.05) is 0 Å². The molecule has 0 aliphatic rings. The van der Waals surface area contributed by atoms with Crippen LogP contribution in [-0.4, -0.2) is 24.4 Å². The third kappa shape index (κ3) is 2.69. The van der Waals surface area contributed by atoms with E-state index in [2.05, 4.69) is 16.2 Å². The van der Waals surface area contributed by atoms with Crippen LogP contribution in [0.2, 0.25) is 0 Å². The molecule has 0 saturated heterocycles. The van der Waals surface area contributed by atoms with Gasteiger partial charge in [0.1, 0.15) is 6.10 Å². The van der Waals surface area contributed by atoms with Gasteiger partial charge in [0.2, 0.25) is 0 Å². The average Bonchev–Trinajstić information content (AvgIpc) is 2.05. The molecule has 0 spiro atoms. The number of esters is 1. The summed E-state index contributed by atoms with van der Waals surface area (Å²) in [5, 5.41) is 8.26. The minimum absolute atomic E-state index is 0.441. The number of hydrogen-bond acceptors (Lipinski definition) is 4. The lowest BCUT2D eigenvalue weighted by Gasteiger charge is -2.14. The van der Waals surface area contributed by atoms with E-state index in [1.807, 2.05) is 0 Å². The van der Waals surface area contributed by atoms with Crippen LogP contribution in [0.4, 0.5) is 0 Å². The van der Waals surface area contributed by atoms with Gasteiger partial charge in [-0.1, -0.05) is 6.08 Å². The molecule has 1 N–H and O–H groups in total. The Bertz CT molecular complexity index is 143. The van der Waals surface area contributed by atoms with Crippen molar-refractivity contribution in [2.45, 2.75) is 13.0 Å². The monoisotopic (exact) mass is 160 g/mol. The highest BCUT2D eigenvalue weighted by atomic mass is 17.1. The van der Waals surface area contributed by atoms with E-state index in [1.165, 1.54) is 13.2 Å². The maximum Gasteiger partial charge on any atom is 0.311 e. The highest BCUT2D eigenvalue weighted by Gasteiger charge is 2.22. The third-order valence-electron chi connectivity index (χ3n) is 1.42. The van der Waals surface area contributed by atoms with E-state index < -0.39 is 18.0 Å². The smallest absolute Gasteiger partial charge is 0.311 e. The Kier molecular flexibility index (Phi) is 4.49. The van der Waals surface area contributed by atoms with Crippen molar-refractivity contribution in [1.29, 1.82) is 0 Å². The van der Waals surface area contributed by atoms with Crippen molar-refractivity contribution in [3.63, 3.8) is 0 Å². The van der Waals surface area contributed by atoms with Gasteiger partial charge in [-0.2, -0.15) is 0 Å². The molecule has 0 aliphatic heterocycles. The lowest BCUT2D eigenvalue weighted by molar-refractivity contribution is -0.275. The predicted octanol–water partition coefficient (Wildman–Crippen LogP) is 0.840. The normalized spacial score (nSPS) is 15.2. The van der Waals surface area contributed by atoms with Crippen LogP contribution in [0.25, 0.3) is 0 Å². The standard InChI is InChI=1S/C7H12O4/c1-4-6(11-9)5(2)7(8)10-3/h4-6,9H,1H2,2-3H3/t5-,6-/m1/s1. The van der Waals surface area contributed by atoms with Crippen LogP contribution in [0.5, 0.6) is 0 Å². The summed E-state index contributed by atoms with van der Waals surface area (Å²) in [4.78, 5) is 14.8. The van der Waals surface area contributed by atoms with E-state index in [-0.39, 0.29) is 0 Å². The Morgan fingerprint density at radius 2 is 2.27 bits per heavy atom. The van der Waals surface area contributed by atoms with Gasteiger partial charge in [0.05, 0.1) is 13.0 Å². The highest BCUT2D eigenvalue weighted by Crippen LogP contribution is 2.08. The Labute approximate surface area is 65.4 Å². The molecule has 0 radical (unpaired) electrons. The van der Waals surface area contributed by atoms with Crippen molar-refractivity contribution >= 4 is 5.97 Å². The van der Waals surface area contributed by atoms with Crippen molar-refractivity contribution in [2.75, 3.05) is 7.11 Å². The number of methoxy groups -OCH3 is 1. The maximum atomic E-state index is 10.8. The van der Waals surface area contributed by atoms with Gasteiger partial charge in [-0.15, -0.1) is 6.58 Å². The maximum absolute atomic E-state index is 10.8. The first-order valence-corrected chi connectivity index (χ1v) is 3.18. The quantitative estimate of drug-likeness (QED) is 0.286. The van der Waals surface area contributed by atoms with Crippen LogP contribution >= 0.6 is 0 Å². The third-order valence-corrected chi connectivity index (χ3v) is 1.42. The zero-order valence-corrected chi connectivity index (χ0v) is 6.61. The molecule has 0 aromatic heterocycles. The van der Waals surface area contributed by atoms with E-state index in [4.69, 9.17) is 5.26 Å². The summed E-state index contributed by atoms with van der Waals surface area (Å²) in [7, 11) is 1.27. The average molecular weight is 160 g/mol. The Morgan fingerprint density at radius 1 is 1.73 bits per heavy atom. The first-order chi connectivity index (χ1) is 5.17. The van der Waals surface area contributed by atoms with Crippen molar-refractivity contribution in [3.05, 3.63) is 12.7 Å². The molecule has 0 saturated carbocycles. The topological polar surface area (TPSA) is 55.8 Å². The van der Waals surface area contributed by atoms with E-state index >= 15 is 0 Å². The van der Waals surface area contributed by atoms with Crippen LogP contribution in [0, 0.1) is 5.92 Å². The van der Waals surface area contributed by atoms with Gasteiger partial charge in [-0.05, 0) is 6.92 Å². The highest BCUT2D eigenvalue weighted by molar-refractivity contribution is 5.72. The second-order valence-corrected chi connectivity index (χ2v) is 2.12. The van der Waals surface area contributed by atoms with Crippen LogP contribution < -0.4 is 0 Å². The SMILES string of the molecule is C=C[C@@H](OO)[C@@H](C)C(=O)OC. The largest absolute Gasteiger partial charge is 0.469 e. The van der Waals surface area contributed by atoms with E-state index in [9.17, 15) is 4.79 Å². The van der Waals surface area contributed by atoms with Gasteiger partial charge >= 0.3 is 5.97 Å². The summed E-state index contributed by atoms with van der Waals surface area (Å²) >= 11 is 0. The molecule has 4 nitrogen and oxygen atoms in total. The molecule has 0 rings (SSSR count). The minimum Gasteiger partial charge on any atom is -0.469 e. The molecule has 0 aromatic carbocycles. The fourth-order valence-corrected chi connectivity index (χ4v) is 0.658. The summed E-state index contributed by atoms with van der Waals surface area (Å²) in [6.45, 7) is 4.95. The van der Waals surface area contributed by atoms with Crippen molar-refractivity contribution in [1.82, 2.24) is 0 Å². The molecule has 4 heteroatoms. The Balaban J connectivity index is 4.07. The van der Waals surface area contributed by atoms with Crippen LogP contribution in [-0.2, 0) is 14.4 Å². The van der Waals surface area contributed by atoms with E-state index in [0.29, 0.717) is 0 Å². The fourth-order valence-electron chi connectivity index (χ4n) is 0.658. The number of carbonyl (C=O) groups excluding carboxylic acids is 1. The molecule has 11 heavy (non-hydrogen) atoms. The van der Waals surface area contributed by atoms with Crippen LogP contribution in [0.1, 0.15) is 6.92 Å². The molecule has 0 amide bonds. The number of carbonyl (C=O) groups is 1. The molecule has 0 fully saturated rings. The first-order valence-electron chi connectivity index (χ1n) is 3.18. The fraction of sp³-hybridized carbons (Fsp3) is 0.571. The molecule has 0 aromatic rings. The molecule has 0 unspecified atom stereocenters. The zero-order chi connectivity index (χ0) is 8.85. The zero-order valence-electron chi connectivity index (χ0n) is 6.61. The van der Waals surface area contributed by atoms with Gasteiger partial charge in [-0.25, -0.2) is 4.89 Å². The summed E-state index contributed by atoms with van der Waals surface area (Å²) in [5.74, 6) is -0.980. The molecule has 0 heterocycles. The predicted molar refractivity (Wildman–Crippen MR) is 38.9 cm³/mol. The lowest BCUT2D eigenvalue weighted by atomic mass is 10.1. The van der Waals surface area contributed by atoms with Crippen molar-refractivity contribution < 1.29 is 19.7 Å². The first kappa shape index (κ1) is 10.1. The van der Waals surface area contributed by atoms with E-state index in [0.717, 1.165) is 0 Å². The summed E-state index contributed by atoms with van der Waals surface area (Å²) in [6, 6.07) is 0. The molecule has 0 bridgehead atoms. The number of rotatable bonds is 4. The summed E-state index contributed by atoms with van der Waals surface area (Å²) in [5.41, 5.74) is 0. The molecule has 2 atom stereocenters. The molecule has 0 aliphatic carbocycles. The van der Waals surface area contributed by atoms with Crippen LogP contribution in [0.3, 0.4) is 0 Å². The number of hydrogen-bond donors (Lipinski definition) is 1. The van der Waals surface area contributed by atoms with Crippen molar-refractivity contribution in [2.24, 2.45) is 5.92 Å². The lowest BCUT2D eigenvalue weighted by Crippen LogP contribution is -2.26. The van der Waals surface area contributed by atoms with Gasteiger partial charge in [0.25, 0.3) is 0 Å². The molecular weight excluding hydrogens is 148 g/mol. The van der Waals surface area contributed by atoms with E-state index in [1.54, 1.807) is 6.92 Å². The summed E-state index contributed by atoms with van der Waals surface area (Å²) < 4.78 is 4.42. The second-order valence-electron chi connectivity index (χ2n) is 2.12. The van der Waals surface area contributed by atoms with Gasteiger partial charge in [-0.3, -0.25) is 10.1 Å². The van der Waals surface area contributed by atoms with Gasteiger partial charge < -0.3 is 4.74 Å².